The summed E-state index contributed by atoms with van der Waals surface area (Å²) >= 11 is 0. The Morgan fingerprint density at radius 1 is 1.36 bits per heavy atom. The minimum atomic E-state index is 0.704. The number of aryl methyl sites for hydroxylation is 1. The van der Waals surface area contributed by atoms with Crippen molar-refractivity contribution in [3.05, 3.63) is 29.6 Å². The molecule has 58 valence electrons. The molecule has 0 N–H and O–H groups in total. The highest BCUT2D eigenvalue weighted by Crippen LogP contribution is 1.94. The van der Waals surface area contributed by atoms with Crippen LogP contribution >= 0.6 is 0 Å². The van der Waals surface area contributed by atoms with Crippen LogP contribution in [0.2, 0.25) is 0 Å². The Kier molecular flexibility index (Phi) is 4.85. The summed E-state index contributed by atoms with van der Waals surface area (Å²) < 4.78 is 0. The minimum absolute atomic E-state index is 0.704. The van der Waals surface area contributed by atoms with E-state index in [1.807, 2.05) is 39.0 Å². The molecule has 1 rings (SSSR count). The Labute approximate surface area is 68.5 Å². The van der Waals surface area contributed by atoms with Gasteiger partial charge < -0.3 is 0 Å². The maximum absolute atomic E-state index is 5.11. The van der Waals surface area contributed by atoms with Crippen molar-refractivity contribution in [1.29, 1.82) is 0 Å². The van der Waals surface area contributed by atoms with Crippen LogP contribution in [-0.2, 0) is 0 Å². The van der Waals surface area contributed by atoms with Crippen molar-refractivity contribution in [1.82, 2.24) is 4.98 Å². The smallest absolute Gasteiger partial charge is 0.113 e. The highest BCUT2D eigenvalue weighted by molar-refractivity contribution is 5.25. The summed E-state index contributed by atoms with van der Waals surface area (Å²) in [6, 6.07) is 5.63. The summed E-state index contributed by atoms with van der Waals surface area (Å²) in [4.78, 5) is 4.06. The van der Waals surface area contributed by atoms with Crippen molar-refractivity contribution in [3.8, 4) is 12.3 Å². The number of rotatable bonds is 0. The lowest BCUT2D eigenvalue weighted by Gasteiger charge is -1.89. The molecule has 1 heteroatoms. The van der Waals surface area contributed by atoms with Gasteiger partial charge in [-0.1, -0.05) is 25.8 Å². The summed E-state index contributed by atoms with van der Waals surface area (Å²) in [5.41, 5.74) is 1.67. The van der Waals surface area contributed by atoms with Gasteiger partial charge in [0.05, 0.1) is 0 Å². The lowest BCUT2D eigenvalue weighted by atomic mass is 10.3. The third-order valence-corrected chi connectivity index (χ3v) is 1.04. The first-order valence-electron chi connectivity index (χ1n) is 3.73. The van der Waals surface area contributed by atoms with E-state index in [1.165, 1.54) is 0 Å². The average Bonchev–Trinajstić information content (AvgIpc) is 2.08. The third kappa shape index (κ3) is 3.42. The molecule has 0 saturated heterocycles. The summed E-state index contributed by atoms with van der Waals surface area (Å²) in [7, 11) is 0. The number of nitrogens with zero attached hydrogens (tertiary/aromatic N) is 1. The molecule has 1 heterocycles. The van der Waals surface area contributed by atoms with Crippen LogP contribution in [0.15, 0.2) is 18.2 Å². The van der Waals surface area contributed by atoms with Crippen molar-refractivity contribution >= 4 is 0 Å². The fourth-order valence-electron chi connectivity index (χ4n) is 0.623. The standard InChI is InChI=1S/C8H7N.C2H6/c1-3-8-6-4-5-7(2)9-8;1-2/h1,4-6H,2H3;1-2H3. The van der Waals surface area contributed by atoms with Crippen molar-refractivity contribution in [2.24, 2.45) is 0 Å². The van der Waals surface area contributed by atoms with Crippen molar-refractivity contribution in [2.75, 3.05) is 0 Å². The molecular formula is C10H13N. The molecule has 1 aromatic rings. The average molecular weight is 147 g/mol. The van der Waals surface area contributed by atoms with Crippen LogP contribution in [0.3, 0.4) is 0 Å². The van der Waals surface area contributed by atoms with E-state index in [2.05, 4.69) is 10.9 Å². The van der Waals surface area contributed by atoms with Gasteiger partial charge in [-0.3, -0.25) is 0 Å². The second kappa shape index (κ2) is 5.49. The SMILES string of the molecule is C#Cc1cccc(C)n1.CC. The maximum atomic E-state index is 5.11. The molecule has 0 aliphatic carbocycles. The van der Waals surface area contributed by atoms with Gasteiger partial charge in [-0.05, 0) is 19.1 Å². The molecule has 0 spiro atoms. The largest absolute Gasteiger partial charge is 0.245 e. The second-order valence-corrected chi connectivity index (χ2v) is 1.81. The first-order chi connectivity index (χ1) is 5.33. The molecule has 0 aromatic carbocycles. The zero-order valence-corrected chi connectivity index (χ0v) is 7.26. The van der Waals surface area contributed by atoms with Crippen molar-refractivity contribution < 1.29 is 0 Å². The van der Waals surface area contributed by atoms with Crippen LogP contribution in [0.4, 0.5) is 0 Å². The molecule has 0 bridgehead atoms. The molecule has 11 heavy (non-hydrogen) atoms. The van der Waals surface area contributed by atoms with E-state index < -0.39 is 0 Å². The monoisotopic (exact) mass is 147 g/mol. The molecule has 0 unspecified atom stereocenters. The molecular weight excluding hydrogens is 134 g/mol. The van der Waals surface area contributed by atoms with Gasteiger partial charge in [0.15, 0.2) is 0 Å². The van der Waals surface area contributed by atoms with Crippen molar-refractivity contribution in [3.63, 3.8) is 0 Å². The van der Waals surface area contributed by atoms with E-state index in [0.717, 1.165) is 5.69 Å². The van der Waals surface area contributed by atoms with Crippen molar-refractivity contribution in [2.45, 2.75) is 20.8 Å². The first-order valence-corrected chi connectivity index (χ1v) is 3.73. The molecule has 0 aliphatic heterocycles. The normalized spacial score (nSPS) is 7.45. The molecule has 1 nitrogen and oxygen atoms in total. The predicted octanol–water partition coefficient (Wildman–Crippen LogP) is 2.40. The Balaban J connectivity index is 0.000000461. The molecule has 1 aromatic heterocycles. The van der Waals surface area contributed by atoms with Gasteiger partial charge in [0.2, 0.25) is 0 Å². The van der Waals surface area contributed by atoms with Gasteiger partial charge in [0.1, 0.15) is 5.69 Å². The van der Waals surface area contributed by atoms with Crippen LogP contribution in [0.5, 0.6) is 0 Å². The highest BCUT2D eigenvalue weighted by atomic mass is 14.7. The van der Waals surface area contributed by atoms with E-state index >= 15 is 0 Å². The van der Waals surface area contributed by atoms with Gasteiger partial charge in [-0.25, -0.2) is 4.98 Å². The molecule has 0 atom stereocenters. The summed E-state index contributed by atoms with van der Waals surface area (Å²) in [6.07, 6.45) is 5.11. The van der Waals surface area contributed by atoms with Crippen LogP contribution < -0.4 is 0 Å². The Hall–Kier alpha value is -1.29. The fourth-order valence-corrected chi connectivity index (χ4v) is 0.623. The Morgan fingerprint density at radius 2 is 2.00 bits per heavy atom. The van der Waals surface area contributed by atoms with E-state index in [-0.39, 0.29) is 0 Å². The summed E-state index contributed by atoms with van der Waals surface area (Å²) in [5, 5.41) is 0. The summed E-state index contributed by atoms with van der Waals surface area (Å²) in [5.74, 6) is 2.46. The lowest BCUT2D eigenvalue weighted by Crippen LogP contribution is -1.83. The molecule has 0 saturated carbocycles. The third-order valence-electron chi connectivity index (χ3n) is 1.04. The molecule has 0 radical (unpaired) electrons. The van der Waals surface area contributed by atoms with Crippen LogP contribution in [0, 0.1) is 19.3 Å². The van der Waals surface area contributed by atoms with Gasteiger partial charge in [-0.15, -0.1) is 6.42 Å². The topological polar surface area (TPSA) is 12.9 Å². The highest BCUT2D eigenvalue weighted by Gasteiger charge is 1.85. The van der Waals surface area contributed by atoms with Gasteiger partial charge >= 0.3 is 0 Å². The minimum Gasteiger partial charge on any atom is -0.245 e. The maximum Gasteiger partial charge on any atom is 0.113 e. The number of hydrogen-bond donors (Lipinski definition) is 0. The quantitative estimate of drug-likeness (QED) is 0.513. The Morgan fingerprint density at radius 3 is 2.36 bits per heavy atom. The second-order valence-electron chi connectivity index (χ2n) is 1.81. The molecule has 0 fully saturated rings. The number of hydrogen-bond acceptors (Lipinski definition) is 1. The predicted molar refractivity (Wildman–Crippen MR) is 48.3 cm³/mol. The Bertz CT molecular complexity index is 245. The van der Waals surface area contributed by atoms with E-state index in [0.29, 0.717) is 5.69 Å². The zero-order chi connectivity index (χ0) is 8.69. The number of aromatic nitrogens is 1. The zero-order valence-electron chi connectivity index (χ0n) is 7.26. The van der Waals surface area contributed by atoms with Crippen LogP contribution in [0.25, 0.3) is 0 Å². The van der Waals surface area contributed by atoms with Gasteiger partial charge in [0, 0.05) is 5.69 Å². The van der Waals surface area contributed by atoms with Gasteiger partial charge in [-0.2, -0.15) is 0 Å². The molecule has 0 aliphatic rings. The number of pyridine rings is 1. The van der Waals surface area contributed by atoms with Crippen LogP contribution in [-0.4, -0.2) is 4.98 Å². The summed E-state index contributed by atoms with van der Waals surface area (Å²) in [6.45, 7) is 5.92. The van der Waals surface area contributed by atoms with E-state index in [4.69, 9.17) is 6.42 Å². The van der Waals surface area contributed by atoms with E-state index in [9.17, 15) is 0 Å². The van der Waals surface area contributed by atoms with Gasteiger partial charge in [0.25, 0.3) is 0 Å². The fraction of sp³-hybridized carbons (Fsp3) is 0.300. The van der Waals surface area contributed by atoms with Crippen LogP contribution in [0.1, 0.15) is 25.2 Å². The lowest BCUT2D eigenvalue weighted by molar-refractivity contribution is 1.18. The van der Waals surface area contributed by atoms with E-state index in [1.54, 1.807) is 0 Å². The molecule has 0 amide bonds. The number of terminal acetylenes is 1. The first kappa shape index (κ1) is 9.71.